The molecule has 0 fully saturated rings. The largest absolute Gasteiger partial charge is 1.00 e. The molecule has 0 amide bonds. The summed E-state index contributed by atoms with van der Waals surface area (Å²) >= 11 is 0. The Labute approximate surface area is 142 Å². The Bertz CT molecular complexity index is 583. The fourth-order valence-electron chi connectivity index (χ4n) is 2.09. The first-order chi connectivity index (χ1) is 9.11. The predicted molar refractivity (Wildman–Crippen MR) is 78.7 cm³/mol. The van der Waals surface area contributed by atoms with Crippen LogP contribution in [0.1, 0.15) is 24.5 Å². The van der Waals surface area contributed by atoms with Gasteiger partial charge in [0.2, 0.25) is 0 Å². The van der Waals surface area contributed by atoms with Gasteiger partial charge in [-0.05, 0) is 24.3 Å². The molecule has 0 aliphatic rings. The summed E-state index contributed by atoms with van der Waals surface area (Å²) in [6, 6.07) is 14.2. The fraction of sp³-hybridized carbons (Fsp3) is 0.118. The van der Waals surface area contributed by atoms with Gasteiger partial charge in [0.15, 0.2) is 0 Å². The van der Waals surface area contributed by atoms with Crippen LogP contribution in [0.3, 0.4) is 0 Å². The topological polar surface area (TPSA) is 40.5 Å². The summed E-state index contributed by atoms with van der Waals surface area (Å²) in [5.74, 6) is 0.508. The normalized spacial score (nSPS) is 11.4. The number of hydrogen-bond acceptors (Lipinski definition) is 2. The zero-order valence-electron chi connectivity index (χ0n) is 11.9. The third kappa shape index (κ3) is 3.83. The van der Waals surface area contributed by atoms with Crippen LogP contribution in [0.25, 0.3) is 11.1 Å². The summed E-state index contributed by atoms with van der Waals surface area (Å²) in [5, 5.41) is 18.7. The Hall–Kier alpha value is -1.35. The van der Waals surface area contributed by atoms with E-state index in [1.54, 1.807) is 24.3 Å². The van der Waals surface area contributed by atoms with Crippen molar-refractivity contribution in [1.29, 1.82) is 0 Å². The van der Waals surface area contributed by atoms with Crippen LogP contribution in [0, 0.1) is 6.92 Å². The minimum atomic E-state index is 0. The molecule has 0 aromatic heterocycles. The first-order valence-electron chi connectivity index (χ1n) is 6.25. The molecule has 2 N–H and O–H groups in total. The first kappa shape index (κ1) is 16.7. The minimum Gasteiger partial charge on any atom is -0.508 e. The van der Waals surface area contributed by atoms with E-state index in [4.69, 9.17) is 0 Å². The quantitative estimate of drug-likeness (QED) is 0.503. The van der Waals surface area contributed by atoms with Crippen molar-refractivity contribution >= 4 is 11.1 Å². The van der Waals surface area contributed by atoms with E-state index in [-0.39, 0.29) is 41.1 Å². The van der Waals surface area contributed by atoms with Crippen LogP contribution in [0.5, 0.6) is 11.5 Å². The molecule has 0 radical (unpaired) electrons. The van der Waals surface area contributed by atoms with E-state index in [2.05, 4.69) is 13.8 Å². The second-order valence-electron chi connectivity index (χ2n) is 4.40. The van der Waals surface area contributed by atoms with E-state index in [1.807, 2.05) is 24.3 Å². The zero-order chi connectivity index (χ0) is 13.8. The molecule has 0 saturated carbocycles. The summed E-state index contributed by atoms with van der Waals surface area (Å²) in [5.41, 5.74) is 4.11. The van der Waals surface area contributed by atoms with Gasteiger partial charge >= 0.3 is 29.6 Å². The minimum absolute atomic E-state index is 0. The van der Waals surface area contributed by atoms with Gasteiger partial charge in [0.05, 0.1) is 0 Å². The van der Waals surface area contributed by atoms with Gasteiger partial charge in [0.1, 0.15) is 11.5 Å². The molecule has 20 heavy (non-hydrogen) atoms. The molecule has 3 heteroatoms. The maximum atomic E-state index is 9.34. The van der Waals surface area contributed by atoms with Crippen molar-refractivity contribution in [1.82, 2.24) is 0 Å². The Balaban J connectivity index is 0.00000200. The molecule has 0 spiro atoms. The predicted octanol–water partition coefficient (Wildman–Crippen LogP) is 1.26. The maximum Gasteiger partial charge on any atom is 1.00 e. The van der Waals surface area contributed by atoms with Crippen LogP contribution in [0.15, 0.2) is 48.5 Å². The third-order valence-electron chi connectivity index (χ3n) is 3.15. The molecule has 2 nitrogen and oxygen atoms in total. The Morgan fingerprint density at radius 3 is 1.65 bits per heavy atom. The Morgan fingerprint density at radius 1 is 0.850 bits per heavy atom. The number of aromatic hydroxyl groups is 2. The van der Waals surface area contributed by atoms with Crippen molar-refractivity contribution in [3.63, 3.8) is 0 Å². The fourth-order valence-corrected chi connectivity index (χ4v) is 2.09. The molecule has 2 aromatic carbocycles. The molecule has 0 bridgehead atoms. The molecule has 0 heterocycles. The maximum absolute atomic E-state index is 9.34. The van der Waals surface area contributed by atoms with Crippen molar-refractivity contribution in [3.05, 3.63) is 66.6 Å². The number of phenolic OH excluding ortho intramolecular Hbond substituents is 2. The summed E-state index contributed by atoms with van der Waals surface area (Å²) in [6.07, 6.45) is 0.852. The molecule has 98 valence electrons. The van der Waals surface area contributed by atoms with E-state index in [1.165, 1.54) is 0 Å². The second kappa shape index (κ2) is 7.44. The van der Waals surface area contributed by atoms with E-state index in [0.717, 1.165) is 28.7 Å². The van der Waals surface area contributed by atoms with Crippen LogP contribution < -0.4 is 29.6 Å². The van der Waals surface area contributed by atoms with Gasteiger partial charge in [-0.3, -0.25) is 0 Å². The van der Waals surface area contributed by atoms with E-state index in [9.17, 15) is 10.2 Å². The van der Waals surface area contributed by atoms with Crippen LogP contribution in [0.2, 0.25) is 0 Å². The Kier molecular flexibility index (Phi) is 6.21. The monoisotopic (exact) mass is 276 g/mol. The summed E-state index contributed by atoms with van der Waals surface area (Å²) in [6.45, 7) is 6.22. The van der Waals surface area contributed by atoms with Crippen LogP contribution >= 0.6 is 0 Å². The molecule has 0 aliphatic heterocycles. The van der Waals surface area contributed by atoms with E-state index in [0.29, 0.717) is 0 Å². The number of benzene rings is 2. The van der Waals surface area contributed by atoms with Gasteiger partial charge in [0, 0.05) is 0 Å². The summed E-state index contributed by atoms with van der Waals surface area (Å²) in [4.78, 5) is 0. The molecular formula is C17H17NaO2. The summed E-state index contributed by atoms with van der Waals surface area (Å²) < 4.78 is 0. The van der Waals surface area contributed by atoms with E-state index < -0.39 is 0 Å². The van der Waals surface area contributed by atoms with Crippen LogP contribution in [-0.2, 0) is 0 Å². The third-order valence-corrected chi connectivity index (χ3v) is 3.15. The molecule has 0 aliphatic carbocycles. The van der Waals surface area contributed by atoms with Crippen molar-refractivity contribution in [2.75, 3.05) is 0 Å². The zero-order valence-corrected chi connectivity index (χ0v) is 13.9. The molecule has 2 rings (SSSR count). The van der Waals surface area contributed by atoms with Gasteiger partial charge in [-0.25, -0.2) is 0 Å². The molecule has 2 aromatic rings. The van der Waals surface area contributed by atoms with Crippen molar-refractivity contribution < 1.29 is 39.8 Å². The first-order valence-corrected chi connectivity index (χ1v) is 6.25. The molecule has 0 atom stereocenters. The van der Waals surface area contributed by atoms with E-state index >= 15 is 0 Å². The van der Waals surface area contributed by atoms with Crippen LogP contribution in [-0.4, -0.2) is 10.2 Å². The number of allylic oxidation sites excluding steroid dienone is 2. The molecular weight excluding hydrogens is 259 g/mol. The number of phenols is 2. The number of hydrogen-bond donors (Lipinski definition) is 2. The Morgan fingerprint density at radius 2 is 1.25 bits per heavy atom. The standard InChI is InChI=1S/C17H17O2.Na/c1-3-17(14-6-10-16(19)11-7-14)12(2)13-4-8-15(18)9-5-13;/h4-11,18-19H,2-3H2,1H3;/q-1;+1/b17-12+;. The molecule has 0 saturated heterocycles. The SMILES string of the molecule is [CH2-]/C(=C(/CC)c1ccc(O)cc1)c1ccc(O)cc1.[Na+]. The van der Waals surface area contributed by atoms with Crippen molar-refractivity contribution in [3.8, 4) is 11.5 Å². The van der Waals surface area contributed by atoms with Gasteiger partial charge in [-0.15, -0.1) is 23.3 Å². The van der Waals surface area contributed by atoms with Gasteiger partial charge < -0.3 is 10.2 Å². The van der Waals surface area contributed by atoms with Gasteiger partial charge in [0.25, 0.3) is 0 Å². The smallest absolute Gasteiger partial charge is 0.508 e. The number of rotatable bonds is 3. The average Bonchev–Trinajstić information content (AvgIpc) is 2.42. The van der Waals surface area contributed by atoms with Crippen molar-refractivity contribution in [2.45, 2.75) is 13.3 Å². The van der Waals surface area contributed by atoms with Crippen LogP contribution in [0.4, 0.5) is 0 Å². The van der Waals surface area contributed by atoms with Crippen molar-refractivity contribution in [2.24, 2.45) is 0 Å². The molecule has 0 unspecified atom stereocenters. The van der Waals surface area contributed by atoms with Gasteiger partial charge in [-0.1, -0.05) is 31.0 Å². The summed E-state index contributed by atoms with van der Waals surface area (Å²) in [7, 11) is 0. The van der Waals surface area contributed by atoms with Gasteiger partial charge in [-0.2, -0.15) is 12.5 Å². The average molecular weight is 276 g/mol. The second-order valence-corrected chi connectivity index (χ2v) is 4.40.